The molecule has 0 atom stereocenters. The van der Waals surface area contributed by atoms with Gasteiger partial charge in [-0.3, -0.25) is 15.1 Å². The van der Waals surface area contributed by atoms with Gasteiger partial charge < -0.3 is 17.2 Å². The highest BCUT2D eigenvalue weighted by Crippen LogP contribution is 2.16. The van der Waals surface area contributed by atoms with Gasteiger partial charge in [0.2, 0.25) is 0 Å². The molecular weight excluding hydrogens is 282 g/mol. The number of rotatable bonds is 5. The van der Waals surface area contributed by atoms with Crippen LogP contribution in [0.15, 0.2) is 4.99 Å². The van der Waals surface area contributed by atoms with E-state index >= 15 is 0 Å². The third kappa shape index (κ3) is 4.54. The molecule has 1 aromatic rings. The first kappa shape index (κ1) is 16.0. The molecule has 1 rings (SSSR count). The summed E-state index contributed by atoms with van der Waals surface area (Å²) in [6.07, 6.45) is 3.04. The van der Waals surface area contributed by atoms with Crippen molar-refractivity contribution < 1.29 is 4.79 Å². The number of unbranched alkanes of at least 4 members (excludes halogenated alkanes) is 2. The molecule has 9 heteroatoms. The van der Waals surface area contributed by atoms with E-state index in [1.54, 1.807) is 0 Å². The standard InChI is InChI=1S/C11H18ClN7O/c1-2-3-4-5-16-11(15)19-10(20)6-8(13)18-9(14)7(12)17-6/h2-5H2,1H3,(H4,13,14,18)(H3,15,16,19,20). The molecule has 0 aliphatic carbocycles. The second-order valence-corrected chi connectivity index (χ2v) is 4.42. The zero-order chi connectivity index (χ0) is 15.1. The van der Waals surface area contributed by atoms with Crippen molar-refractivity contribution in [1.29, 1.82) is 0 Å². The topological polar surface area (TPSA) is 145 Å². The Kier molecular flexibility index (Phi) is 5.98. The molecule has 0 radical (unpaired) electrons. The molecule has 0 aliphatic rings. The first-order valence-corrected chi connectivity index (χ1v) is 6.53. The maximum atomic E-state index is 11.9. The maximum Gasteiger partial charge on any atom is 0.280 e. The van der Waals surface area contributed by atoms with Crippen LogP contribution in [0.3, 0.4) is 0 Å². The number of amides is 1. The fourth-order valence-electron chi connectivity index (χ4n) is 1.39. The number of anilines is 2. The number of nitrogen functional groups attached to an aromatic ring is 2. The predicted octanol–water partition coefficient (Wildman–Crippen LogP) is 0.529. The fourth-order valence-corrected chi connectivity index (χ4v) is 1.51. The molecule has 0 spiro atoms. The van der Waals surface area contributed by atoms with Gasteiger partial charge in [-0.1, -0.05) is 31.4 Å². The van der Waals surface area contributed by atoms with E-state index < -0.39 is 5.91 Å². The Hall–Kier alpha value is -2.09. The van der Waals surface area contributed by atoms with Crippen LogP contribution >= 0.6 is 11.6 Å². The highest BCUT2D eigenvalue weighted by atomic mass is 35.5. The average Bonchev–Trinajstić information content (AvgIpc) is 2.38. The minimum absolute atomic E-state index is 0.000232. The van der Waals surface area contributed by atoms with E-state index in [0.29, 0.717) is 6.54 Å². The van der Waals surface area contributed by atoms with Crippen molar-refractivity contribution in [1.82, 2.24) is 15.3 Å². The number of carbonyl (C=O) groups excluding carboxylic acids is 1. The molecule has 0 fully saturated rings. The number of nitrogens with one attached hydrogen (secondary N) is 1. The van der Waals surface area contributed by atoms with Crippen molar-refractivity contribution in [3.63, 3.8) is 0 Å². The summed E-state index contributed by atoms with van der Waals surface area (Å²) in [6, 6.07) is 0. The Labute approximate surface area is 121 Å². The second-order valence-electron chi connectivity index (χ2n) is 4.06. The van der Waals surface area contributed by atoms with E-state index in [0.717, 1.165) is 19.3 Å². The molecular formula is C11H18ClN7O. The maximum absolute atomic E-state index is 11.9. The van der Waals surface area contributed by atoms with Gasteiger partial charge in [0.05, 0.1) is 0 Å². The number of hydrogen-bond acceptors (Lipinski definition) is 6. The Balaban J connectivity index is 2.69. The van der Waals surface area contributed by atoms with Gasteiger partial charge in [0.15, 0.2) is 28.4 Å². The van der Waals surface area contributed by atoms with Crippen molar-refractivity contribution in [2.24, 2.45) is 10.7 Å². The quantitative estimate of drug-likeness (QED) is 0.354. The van der Waals surface area contributed by atoms with Crippen molar-refractivity contribution in [2.45, 2.75) is 26.2 Å². The van der Waals surface area contributed by atoms with Crippen LogP contribution in [0.1, 0.15) is 36.7 Å². The molecule has 0 bridgehead atoms. The highest BCUT2D eigenvalue weighted by molar-refractivity contribution is 6.31. The van der Waals surface area contributed by atoms with Crippen LogP contribution in [-0.4, -0.2) is 28.4 Å². The number of hydrogen-bond donors (Lipinski definition) is 4. The first-order chi connectivity index (χ1) is 9.45. The number of nitrogens with two attached hydrogens (primary N) is 3. The summed E-state index contributed by atoms with van der Waals surface area (Å²) >= 11 is 5.69. The molecule has 0 aliphatic heterocycles. The zero-order valence-electron chi connectivity index (χ0n) is 11.2. The number of aliphatic imine (C=N–C) groups is 1. The lowest BCUT2D eigenvalue weighted by molar-refractivity contribution is 0.0972. The molecule has 8 nitrogen and oxygen atoms in total. The summed E-state index contributed by atoms with van der Waals surface area (Å²) in [6.45, 7) is 2.63. The summed E-state index contributed by atoms with van der Waals surface area (Å²) < 4.78 is 0. The predicted molar refractivity (Wildman–Crippen MR) is 79.3 cm³/mol. The van der Waals surface area contributed by atoms with E-state index in [-0.39, 0.29) is 28.4 Å². The van der Waals surface area contributed by atoms with Crippen LogP contribution in [0.5, 0.6) is 0 Å². The monoisotopic (exact) mass is 299 g/mol. The number of nitrogens with zero attached hydrogens (tertiary/aromatic N) is 3. The van der Waals surface area contributed by atoms with Crippen LogP contribution in [-0.2, 0) is 0 Å². The van der Waals surface area contributed by atoms with E-state index in [4.69, 9.17) is 28.8 Å². The fraction of sp³-hybridized carbons (Fsp3) is 0.455. The van der Waals surface area contributed by atoms with E-state index in [9.17, 15) is 4.79 Å². The number of carbonyl (C=O) groups is 1. The van der Waals surface area contributed by atoms with Crippen molar-refractivity contribution in [2.75, 3.05) is 18.0 Å². The summed E-state index contributed by atoms with van der Waals surface area (Å²) in [7, 11) is 0. The van der Waals surface area contributed by atoms with E-state index in [2.05, 4.69) is 27.2 Å². The largest absolute Gasteiger partial charge is 0.382 e. The van der Waals surface area contributed by atoms with Gasteiger partial charge in [-0.15, -0.1) is 0 Å². The second kappa shape index (κ2) is 7.49. The Bertz CT molecular complexity index is 518. The molecule has 7 N–H and O–H groups in total. The van der Waals surface area contributed by atoms with Gasteiger partial charge in [0.25, 0.3) is 5.91 Å². The lowest BCUT2D eigenvalue weighted by atomic mass is 10.2. The Morgan fingerprint density at radius 2 is 2.00 bits per heavy atom. The van der Waals surface area contributed by atoms with Gasteiger partial charge in [-0.05, 0) is 6.42 Å². The minimum atomic E-state index is -0.631. The molecule has 1 heterocycles. The van der Waals surface area contributed by atoms with Gasteiger partial charge in [-0.2, -0.15) is 0 Å². The SMILES string of the molecule is CCCCCN=C(N)NC(=O)c1nc(Cl)c(N)nc1N. The zero-order valence-corrected chi connectivity index (χ0v) is 11.9. The average molecular weight is 300 g/mol. The van der Waals surface area contributed by atoms with Crippen LogP contribution < -0.4 is 22.5 Å². The first-order valence-electron chi connectivity index (χ1n) is 6.15. The van der Waals surface area contributed by atoms with Crippen LogP contribution in [0, 0.1) is 0 Å². The molecule has 0 unspecified atom stereocenters. The van der Waals surface area contributed by atoms with Crippen LogP contribution in [0.25, 0.3) is 0 Å². The third-order valence-electron chi connectivity index (χ3n) is 2.41. The van der Waals surface area contributed by atoms with Crippen molar-refractivity contribution in [3.05, 3.63) is 10.8 Å². The van der Waals surface area contributed by atoms with Gasteiger partial charge in [0, 0.05) is 6.54 Å². The molecule has 1 amide bonds. The van der Waals surface area contributed by atoms with Crippen molar-refractivity contribution in [3.8, 4) is 0 Å². The van der Waals surface area contributed by atoms with Gasteiger partial charge in [-0.25, -0.2) is 9.97 Å². The number of halogens is 1. The molecule has 1 aromatic heterocycles. The number of guanidine groups is 1. The lowest BCUT2D eigenvalue weighted by Gasteiger charge is -2.07. The summed E-state index contributed by atoms with van der Waals surface area (Å²) in [4.78, 5) is 23.4. The Morgan fingerprint density at radius 3 is 2.65 bits per heavy atom. The smallest absolute Gasteiger partial charge is 0.280 e. The third-order valence-corrected chi connectivity index (χ3v) is 2.68. The highest BCUT2D eigenvalue weighted by Gasteiger charge is 2.16. The summed E-state index contributed by atoms with van der Waals surface area (Å²) in [5, 5.41) is 2.27. The minimum Gasteiger partial charge on any atom is -0.382 e. The van der Waals surface area contributed by atoms with Gasteiger partial charge in [0.1, 0.15) is 0 Å². The molecule has 110 valence electrons. The lowest BCUT2D eigenvalue weighted by Crippen LogP contribution is -2.38. The van der Waals surface area contributed by atoms with Crippen LogP contribution in [0.4, 0.5) is 11.6 Å². The number of aromatic nitrogens is 2. The Morgan fingerprint density at radius 1 is 1.30 bits per heavy atom. The van der Waals surface area contributed by atoms with Gasteiger partial charge >= 0.3 is 0 Å². The normalized spacial score (nSPS) is 11.4. The van der Waals surface area contributed by atoms with Crippen molar-refractivity contribution >= 4 is 35.1 Å². The molecule has 0 saturated heterocycles. The molecule has 0 aromatic carbocycles. The van der Waals surface area contributed by atoms with Crippen LogP contribution in [0.2, 0.25) is 5.15 Å². The van der Waals surface area contributed by atoms with E-state index in [1.165, 1.54) is 0 Å². The summed E-state index contributed by atoms with van der Waals surface area (Å²) in [5.74, 6) is -0.793. The molecule has 0 saturated carbocycles. The van der Waals surface area contributed by atoms with E-state index in [1.807, 2.05) is 0 Å². The molecule has 20 heavy (non-hydrogen) atoms. The summed E-state index contributed by atoms with van der Waals surface area (Å²) in [5.41, 5.74) is 16.4.